The molecule has 18 heavy (non-hydrogen) atoms. The molecule has 0 spiro atoms. The zero-order valence-corrected chi connectivity index (χ0v) is 10.5. The van der Waals surface area contributed by atoms with Crippen molar-refractivity contribution in [2.45, 2.75) is 39.0 Å². The lowest BCUT2D eigenvalue weighted by Crippen LogP contribution is -2.45. The van der Waals surface area contributed by atoms with Crippen molar-refractivity contribution in [2.24, 2.45) is 0 Å². The van der Waals surface area contributed by atoms with Crippen molar-refractivity contribution in [2.75, 3.05) is 0 Å². The van der Waals surface area contributed by atoms with Crippen molar-refractivity contribution in [3.8, 4) is 0 Å². The first-order chi connectivity index (χ1) is 8.28. The van der Waals surface area contributed by atoms with Gasteiger partial charge in [-0.1, -0.05) is 0 Å². The zero-order valence-electron chi connectivity index (χ0n) is 10.5. The molecule has 0 aliphatic rings. The average molecular weight is 256 g/mol. The fourth-order valence-electron chi connectivity index (χ4n) is 1.15. The van der Waals surface area contributed by atoms with Gasteiger partial charge in [0.2, 0.25) is 0 Å². The summed E-state index contributed by atoms with van der Waals surface area (Å²) in [5.41, 5.74) is -0.680. The van der Waals surface area contributed by atoms with Gasteiger partial charge in [-0.3, -0.25) is 4.68 Å². The summed E-state index contributed by atoms with van der Waals surface area (Å²) in [6.07, 6.45) is 1.87. The Morgan fingerprint density at radius 2 is 2.17 bits per heavy atom. The molecule has 2 N–H and O–H groups in total. The minimum atomic E-state index is -1.17. The standard InChI is InChI=1S/C10H16N4O4/c1-10(2,3)18-9(17)13-7(8(15)16)4-14-6-11-5-12-14/h5-7H,4H2,1-3H3,(H,13,17)(H,15,16)/t7-/m1/s1. The van der Waals surface area contributed by atoms with Crippen LogP contribution in [0.1, 0.15) is 20.8 Å². The van der Waals surface area contributed by atoms with Crippen LogP contribution in [0.15, 0.2) is 12.7 Å². The molecule has 0 saturated heterocycles. The molecule has 0 aliphatic carbocycles. The molecule has 0 saturated carbocycles. The highest BCUT2D eigenvalue weighted by Gasteiger charge is 2.24. The molecule has 1 rings (SSSR count). The molecule has 0 bridgehead atoms. The third kappa shape index (κ3) is 4.81. The Balaban J connectivity index is 2.58. The fourth-order valence-corrected chi connectivity index (χ4v) is 1.15. The van der Waals surface area contributed by atoms with Crippen LogP contribution >= 0.6 is 0 Å². The maximum Gasteiger partial charge on any atom is 0.408 e. The third-order valence-corrected chi connectivity index (χ3v) is 1.83. The number of alkyl carbamates (subject to hydrolysis) is 1. The molecule has 8 heteroatoms. The van der Waals surface area contributed by atoms with E-state index in [0.717, 1.165) is 0 Å². The highest BCUT2D eigenvalue weighted by Crippen LogP contribution is 2.07. The molecule has 0 unspecified atom stereocenters. The van der Waals surface area contributed by atoms with E-state index in [-0.39, 0.29) is 6.54 Å². The summed E-state index contributed by atoms with van der Waals surface area (Å²) >= 11 is 0. The van der Waals surface area contributed by atoms with Crippen LogP contribution in [-0.4, -0.2) is 43.6 Å². The van der Waals surface area contributed by atoms with Crippen LogP contribution in [0.25, 0.3) is 0 Å². The van der Waals surface area contributed by atoms with Crippen LogP contribution < -0.4 is 5.32 Å². The second kappa shape index (κ2) is 5.48. The predicted molar refractivity (Wildman–Crippen MR) is 60.8 cm³/mol. The first-order valence-corrected chi connectivity index (χ1v) is 5.32. The normalized spacial score (nSPS) is 12.8. The molecular formula is C10H16N4O4. The number of carbonyl (C=O) groups excluding carboxylic acids is 1. The number of carbonyl (C=O) groups is 2. The molecule has 8 nitrogen and oxygen atoms in total. The van der Waals surface area contributed by atoms with Gasteiger partial charge in [0.05, 0.1) is 6.54 Å². The Kier molecular flexibility index (Phi) is 4.24. The van der Waals surface area contributed by atoms with Crippen molar-refractivity contribution >= 4 is 12.1 Å². The number of ether oxygens (including phenoxy) is 1. The van der Waals surface area contributed by atoms with Gasteiger partial charge >= 0.3 is 12.1 Å². The smallest absolute Gasteiger partial charge is 0.408 e. The summed E-state index contributed by atoms with van der Waals surface area (Å²) in [5, 5.41) is 15.0. The Labute approximate surface area is 104 Å². The SMILES string of the molecule is CC(C)(C)OC(=O)N[C@H](Cn1cncn1)C(=O)O. The Hall–Kier alpha value is -2.12. The summed E-state index contributed by atoms with van der Waals surface area (Å²) < 4.78 is 6.29. The lowest BCUT2D eigenvalue weighted by molar-refractivity contribution is -0.139. The van der Waals surface area contributed by atoms with E-state index in [1.807, 2.05) is 0 Å². The van der Waals surface area contributed by atoms with E-state index >= 15 is 0 Å². The summed E-state index contributed by atoms with van der Waals surface area (Å²) in [5.74, 6) is -1.17. The predicted octanol–water partition coefficient (Wildman–Crippen LogP) is 0.256. The summed E-state index contributed by atoms with van der Waals surface area (Å²) in [4.78, 5) is 26.1. The van der Waals surface area contributed by atoms with Crippen molar-refractivity contribution in [3.05, 3.63) is 12.7 Å². The van der Waals surface area contributed by atoms with E-state index in [0.29, 0.717) is 0 Å². The summed E-state index contributed by atoms with van der Waals surface area (Å²) in [7, 11) is 0. The number of nitrogens with zero attached hydrogens (tertiary/aromatic N) is 3. The number of aliphatic carboxylic acids is 1. The molecule has 0 aliphatic heterocycles. The number of rotatable bonds is 4. The number of aromatic nitrogens is 3. The van der Waals surface area contributed by atoms with Gasteiger partial charge < -0.3 is 15.2 Å². The average Bonchev–Trinajstić information content (AvgIpc) is 2.66. The minimum Gasteiger partial charge on any atom is -0.480 e. The quantitative estimate of drug-likeness (QED) is 0.800. The number of carboxylic acids is 1. The molecule has 1 heterocycles. The molecule has 100 valence electrons. The molecule has 1 amide bonds. The Morgan fingerprint density at radius 1 is 1.50 bits per heavy atom. The molecule has 0 aromatic carbocycles. The van der Waals surface area contributed by atoms with Crippen LogP contribution in [0.4, 0.5) is 4.79 Å². The van der Waals surface area contributed by atoms with Gasteiger partial charge in [-0.25, -0.2) is 14.6 Å². The largest absolute Gasteiger partial charge is 0.480 e. The minimum absolute atomic E-state index is 0.0193. The highest BCUT2D eigenvalue weighted by atomic mass is 16.6. The molecule has 0 fully saturated rings. The second-order valence-corrected chi connectivity index (χ2v) is 4.65. The van der Waals surface area contributed by atoms with Crippen molar-refractivity contribution in [1.29, 1.82) is 0 Å². The number of hydrogen-bond acceptors (Lipinski definition) is 5. The van der Waals surface area contributed by atoms with Crippen LogP contribution in [-0.2, 0) is 16.1 Å². The monoisotopic (exact) mass is 256 g/mol. The van der Waals surface area contributed by atoms with Gasteiger partial charge in [-0.2, -0.15) is 5.10 Å². The fraction of sp³-hybridized carbons (Fsp3) is 0.600. The number of nitrogens with one attached hydrogen (secondary N) is 1. The van der Waals surface area contributed by atoms with Crippen LogP contribution in [0.5, 0.6) is 0 Å². The van der Waals surface area contributed by atoms with Crippen LogP contribution in [0.2, 0.25) is 0 Å². The van der Waals surface area contributed by atoms with E-state index in [9.17, 15) is 9.59 Å². The topological polar surface area (TPSA) is 106 Å². The molecule has 1 atom stereocenters. The maximum atomic E-state index is 11.5. The van der Waals surface area contributed by atoms with E-state index in [2.05, 4.69) is 15.4 Å². The first-order valence-electron chi connectivity index (χ1n) is 5.32. The van der Waals surface area contributed by atoms with Crippen LogP contribution in [0.3, 0.4) is 0 Å². The number of hydrogen-bond donors (Lipinski definition) is 2. The van der Waals surface area contributed by atoms with E-state index in [1.165, 1.54) is 17.3 Å². The number of carboxylic acid groups (broad SMARTS) is 1. The van der Waals surface area contributed by atoms with Gasteiger partial charge in [0, 0.05) is 0 Å². The highest BCUT2D eigenvalue weighted by molar-refractivity contribution is 5.79. The summed E-state index contributed by atoms with van der Waals surface area (Å²) in [6, 6.07) is -1.12. The Bertz CT molecular complexity index is 410. The van der Waals surface area contributed by atoms with Gasteiger partial charge in [-0.05, 0) is 20.8 Å². The first kappa shape index (κ1) is 13.9. The maximum absolute atomic E-state index is 11.5. The molecule has 1 aromatic heterocycles. The van der Waals surface area contributed by atoms with E-state index in [4.69, 9.17) is 9.84 Å². The number of amides is 1. The van der Waals surface area contributed by atoms with Gasteiger partial charge in [-0.15, -0.1) is 0 Å². The lowest BCUT2D eigenvalue weighted by Gasteiger charge is -2.21. The van der Waals surface area contributed by atoms with E-state index < -0.39 is 23.7 Å². The van der Waals surface area contributed by atoms with Gasteiger partial charge in [0.25, 0.3) is 0 Å². The van der Waals surface area contributed by atoms with Crippen LogP contribution in [0, 0.1) is 0 Å². The molecular weight excluding hydrogens is 240 g/mol. The van der Waals surface area contributed by atoms with Crippen molar-refractivity contribution in [3.63, 3.8) is 0 Å². The van der Waals surface area contributed by atoms with E-state index in [1.54, 1.807) is 20.8 Å². The van der Waals surface area contributed by atoms with Crippen molar-refractivity contribution < 1.29 is 19.4 Å². The molecule has 0 radical (unpaired) electrons. The summed E-state index contributed by atoms with van der Waals surface area (Å²) in [6.45, 7) is 5.06. The van der Waals surface area contributed by atoms with Gasteiger partial charge in [0.15, 0.2) is 0 Å². The molecule has 1 aromatic rings. The van der Waals surface area contributed by atoms with Gasteiger partial charge in [0.1, 0.15) is 24.3 Å². The van der Waals surface area contributed by atoms with Crippen molar-refractivity contribution in [1.82, 2.24) is 20.1 Å². The Morgan fingerprint density at radius 3 is 2.61 bits per heavy atom. The second-order valence-electron chi connectivity index (χ2n) is 4.65. The third-order valence-electron chi connectivity index (χ3n) is 1.83. The zero-order chi connectivity index (χ0) is 13.8. The lowest BCUT2D eigenvalue weighted by atomic mass is 10.2.